The Morgan fingerprint density at radius 1 is 0.963 bits per heavy atom. The molecule has 0 unspecified atom stereocenters. The molecule has 0 spiro atoms. The van der Waals surface area contributed by atoms with E-state index in [1.54, 1.807) is 56.6 Å². The van der Waals surface area contributed by atoms with Crippen molar-refractivity contribution in [2.24, 2.45) is 0 Å². The Morgan fingerprint density at radius 3 is 2.30 bits per heavy atom. The van der Waals surface area contributed by atoms with Crippen LogP contribution in [0.25, 0.3) is 6.08 Å². The van der Waals surface area contributed by atoms with Crippen LogP contribution in [0.4, 0.5) is 5.69 Å². The summed E-state index contributed by atoms with van der Waals surface area (Å²) in [6, 6.07) is 14.1. The van der Waals surface area contributed by atoms with E-state index in [9.17, 15) is 9.59 Å². The van der Waals surface area contributed by atoms with Crippen LogP contribution >= 0.6 is 12.2 Å². The van der Waals surface area contributed by atoms with Crippen LogP contribution in [0.2, 0.25) is 0 Å². The lowest BCUT2D eigenvalue weighted by atomic mass is 10.1. The third-order valence-electron chi connectivity index (χ3n) is 4.20. The summed E-state index contributed by atoms with van der Waals surface area (Å²) in [5.41, 5.74) is 1.18. The molecule has 7 heteroatoms. The van der Waals surface area contributed by atoms with Gasteiger partial charge >= 0.3 is 0 Å². The standard InChI is InChI=1S/C20H18N2O4S/c1-21-18(23)16(11-13-9-10-15(25-2)12-17(13)26-3)19(24)22(20(21)27)14-7-5-4-6-8-14/h4-12H,1-3H3/b16-11-. The molecule has 0 atom stereocenters. The average Bonchev–Trinajstić information content (AvgIpc) is 2.70. The maximum atomic E-state index is 13.1. The summed E-state index contributed by atoms with van der Waals surface area (Å²) in [5, 5.41) is 0.134. The van der Waals surface area contributed by atoms with Gasteiger partial charge in [-0.3, -0.25) is 19.4 Å². The minimum absolute atomic E-state index is 0.00146. The van der Waals surface area contributed by atoms with Crippen molar-refractivity contribution in [2.75, 3.05) is 26.2 Å². The first-order valence-electron chi connectivity index (χ1n) is 8.13. The van der Waals surface area contributed by atoms with E-state index in [1.165, 1.54) is 23.0 Å². The molecule has 0 aliphatic carbocycles. The van der Waals surface area contributed by atoms with Crippen molar-refractivity contribution in [3.8, 4) is 11.5 Å². The van der Waals surface area contributed by atoms with E-state index < -0.39 is 11.8 Å². The third kappa shape index (κ3) is 3.41. The van der Waals surface area contributed by atoms with Gasteiger partial charge in [0.2, 0.25) is 0 Å². The summed E-state index contributed by atoms with van der Waals surface area (Å²) in [5.74, 6) is 0.159. The summed E-state index contributed by atoms with van der Waals surface area (Å²) in [7, 11) is 4.61. The van der Waals surface area contributed by atoms with Gasteiger partial charge in [-0.1, -0.05) is 18.2 Å². The van der Waals surface area contributed by atoms with E-state index in [4.69, 9.17) is 21.7 Å². The van der Waals surface area contributed by atoms with Crippen molar-refractivity contribution >= 4 is 40.9 Å². The van der Waals surface area contributed by atoms with E-state index in [1.807, 2.05) is 6.07 Å². The van der Waals surface area contributed by atoms with Gasteiger partial charge < -0.3 is 9.47 Å². The lowest BCUT2D eigenvalue weighted by Gasteiger charge is -2.34. The van der Waals surface area contributed by atoms with Crippen LogP contribution in [0.5, 0.6) is 11.5 Å². The van der Waals surface area contributed by atoms with E-state index in [2.05, 4.69) is 0 Å². The number of thiocarbonyl (C=S) groups is 1. The van der Waals surface area contributed by atoms with Gasteiger partial charge in [-0.2, -0.15) is 0 Å². The fourth-order valence-corrected chi connectivity index (χ4v) is 3.01. The molecule has 138 valence electrons. The van der Waals surface area contributed by atoms with Gasteiger partial charge in [-0.05, 0) is 42.6 Å². The second-order valence-corrected chi connectivity index (χ2v) is 6.15. The van der Waals surface area contributed by atoms with Gasteiger partial charge in [0.15, 0.2) is 5.11 Å². The minimum Gasteiger partial charge on any atom is -0.497 e. The molecule has 2 amide bonds. The molecular weight excluding hydrogens is 364 g/mol. The summed E-state index contributed by atoms with van der Waals surface area (Å²) >= 11 is 5.33. The molecule has 1 aliphatic rings. The number of amides is 2. The Balaban J connectivity index is 2.09. The predicted octanol–water partition coefficient (Wildman–Crippen LogP) is 2.88. The summed E-state index contributed by atoms with van der Waals surface area (Å²) in [6.07, 6.45) is 1.51. The Kier molecular flexibility index (Phi) is 5.23. The maximum Gasteiger partial charge on any atom is 0.270 e. The van der Waals surface area contributed by atoms with Crippen LogP contribution in [0.1, 0.15) is 5.56 Å². The van der Waals surface area contributed by atoms with Crippen LogP contribution in [0, 0.1) is 0 Å². The predicted molar refractivity (Wildman–Crippen MR) is 107 cm³/mol. The van der Waals surface area contributed by atoms with Crippen molar-refractivity contribution in [1.82, 2.24) is 4.90 Å². The number of carbonyl (C=O) groups is 2. The monoisotopic (exact) mass is 382 g/mol. The molecule has 1 fully saturated rings. The van der Waals surface area contributed by atoms with Crippen LogP contribution < -0.4 is 14.4 Å². The molecule has 0 radical (unpaired) electrons. The first-order valence-corrected chi connectivity index (χ1v) is 8.54. The van der Waals surface area contributed by atoms with Gasteiger partial charge in [0.25, 0.3) is 11.8 Å². The van der Waals surface area contributed by atoms with Crippen molar-refractivity contribution in [1.29, 1.82) is 0 Å². The van der Waals surface area contributed by atoms with Crippen LogP contribution in [0.15, 0.2) is 54.1 Å². The van der Waals surface area contributed by atoms with Crippen molar-refractivity contribution in [3.63, 3.8) is 0 Å². The Labute approximate surface area is 162 Å². The topological polar surface area (TPSA) is 59.1 Å². The van der Waals surface area contributed by atoms with E-state index in [0.29, 0.717) is 22.7 Å². The van der Waals surface area contributed by atoms with Crippen LogP contribution in [-0.4, -0.2) is 43.1 Å². The number of methoxy groups -OCH3 is 2. The Hall–Kier alpha value is -3.19. The number of anilines is 1. The van der Waals surface area contributed by atoms with Crippen molar-refractivity contribution < 1.29 is 19.1 Å². The largest absolute Gasteiger partial charge is 0.497 e. The van der Waals surface area contributed by atoms with Crippen molar-refractivity contribution in [3.05, 3.63) is 59.7 Å². The number of nitrogens with zero attached hydrogens (tertiary/aromatic N) is 2. The molecule has 2 aromatic carbocycles. The number of hydrogen-bond acceptors (Lipinski definition) is 5. The highest BCUT2D eigenvalue weighted by molar-refractivity contribution is 7.80. The van der Waals surface area contributed by atoms with Gasteiger partial charge in [-0.25, -0.2) is 0 Å². The zero-order valence-corrected chi connectivity index (χ0v) is 15.9. The van der Waals surface area contributed by atoms with Gasteiger partial charge in [-0.15, -0.1) is 0 Å². The fourth-order valence-electron chi connectivity index (χ4n) is 2.74. The molecule has 0 saturated carbocycles. The molecule has 2 aromatic rings. The normalized spacial score (nSPS) is 16.1. The van der Waals surface area contributed by atoms with Gasteiger partial charge in [0.1, 0.15) is 17.1 Å². The van der Waals surface area contributed by atoms with Crippen LogP contribution in [-0.2, 0) is 9.59 Å². The van der Waals surface area contributed by atoms with Gasteiger partial charge in [0.05, 0.1) is 19.9 Å². The number of likely N-dealkylation sites (N-methyl/N-ethyl adjacent to an activating group) is 1. The molecule has 3 rings (SSSR count). The van der Waals surface area contributed by atoms with E-state index in [-0.39, 0.29) is 10.7 Å². The number of rotatable bonds is 4. The van der Waals surface area contributed by atoms with E-state index in [0.717, 1.165) is 0 Å². The molecule has 1 heterocycles. The molecular formula is C20H18N2O4S. The second-order valence-electron chi connectivity index (χ2n) is 5.79. The number of carbonyl (C=O) groups excluding carboxylic acids is 2. The molecule has 6 nitrogen and oxygen atoms in total. The maximum absolute atomic E-state index is 13.1. The Bertz CT molecular complexity index is 940. The third-order valence-corrected chi connectivity index (χ3v) is 4.66. The fraction of sp³-hybridized carbons (Fsp3) is 0.150. The van der Waals surface area contributed by atoms with E-state index >= 15 is 0 Å². The van der Waals surface area contributed by atoms with Gasteiger partial charge in [0, 0.05) is 18.7 Å². The zero-order valence-electron chi connectivity index (χ0n) is 15.1. The average molecular weight is 382 g/mol. The highest BCUT2D eigenvalue weighted by atomic mass is 32.1. The SMILES string of the molecule is COc1ccc(/C=C2/C(=O)N(C)C(=S)N(c3ccccc3)C2=O)c(OC)c1. The summed E-state index contributed by atoms with van der Waals surface area (Å²) in [6.45, 7) is 0. The van der Waals surface area contributed by atoms with Crippen molar-refractivity contribution in [2.45, 2.75) is 0 Å². The molecule has 27 heavy (non-hydrogen) atoms. The number of para-hydroxylation sites is 1. The molecule has 0 N–H and O–H groups in total. The molecule has 1 aliphatic heterocycles. The molecule has 1 saturated heterocycles. The second kappa shape index (κ2) is 7.59. The smallest absolute Gasteiger partial charge is 0.270 e. The number of benzene rings is 2. The van der Waals surface area contributed by atoms with Crippen LogP contribution in [0.3, 0.4) is 0 Å². The quantitative estimate of drug-likeness (QED) is 0.462. The summed E-state index contributed by atoms with van der Waals surface area (Å²) < 4.78 is 10.5. The summed E-state index contributed by atoms with van der Waals surface area (Å²) in [4.78, 5) is 28.4. The number of ether oxygens (including phenoxy) is 2. The zero-order chi connectivity index (χ0) is 19.6. The lowest BCUT2D eigenvalue weighted by molar-refractivity contribution is -0.127. The lowest BCUT2D eigenvalue weighted by Crippen LogP contribution is -2.54. The first kappa shape index (κ1) is 18.6. The molecule has 0 bridgehead atoms. The first-order chi connectivity index (χ1) is 13.0. The minimum atomic E-state index is -0.479. The molecule has 0 aromatic heterocycles. The number of hydrogen-bond donors (Lipinski definition) is 0. The highest BCUT2D eigenvalue weighted by Gasteiger charge is 2.38. The Morgan fingerprint density at radius 2 is 1.67 bits per heavy atom. The highest BCUT2D eigenvalue weighted by Crippen LogP contribution is 2.29.